The molecule has 2 fully saturated rings. The molecule has 0 unspecified atom stereocenters. The van der Waals surface area contributed by atoms with Crippen LogP contribution < -0.4 is 5.56 Å². The number of benzene rings is 2. The zero-order chi connectivity index (χ0) is 22.8. The molecule has 0 atom stereocenters. The summed E-state index contributed by atoms with van der Waals surface area (Å²) in [6, 6.07) is 15.0. The first kappa shape index (κ1) is 21.4. The number of aromatic amines is 1. The molecule has 0 spiro atoms. The summed E-state index contributed by atoms with van der Waals surface area (Å²) in [5, 5.41) is 8.26. The fourth-order valence-electron chi connectivity index (χ4n) is 5.06. The maximum Gasteiger partial charge on any atom is 0.272 e. The third kappa shape index (κ3) is 4.40. The molecular weight excluding hydrogens is 416 g/mol. The number of aromatic nitrogens is 2. The van der Waals surface area contributed by atoms with Gasteiger partial charge in [0.2, 0.25) is 5.91 Å². The van der Waals surface area contributed by atoms with Crippen LogP contribution in [-0.2, 0) is 11.2 Å². The summed E-state index contributed by atoms with van der Waals surface area (Å²) in [6.07, 6.45) is 4.82. The molecule has 1 aliphatic heterocycles. The van der Waals surface area contributed by atoms with E-state index in [1.807, 2.05) is 52.3 Å². The lowest BCUT2D eigenvalue weighted by molar-refractivity contribution is -0.136. The zero-order valence-corrected chi connectivity index (χ0v) is 18.6. The molecule has 5 rings (SSSR count). The van der Waals surface area contributed by atoms with Gasteiger partial charge in [-0.3, -0.25) is 14.4 Å². The Bertz CT molecular complexity index is 1240. The quantitative estimate of drug-likeness (QED) is 0.670. The minimum Gasteiger partial charge on any atom is -0.339 e. The van der Waals surface area contributed by atoms with E-state index in [9.17, 15) is 14.4 Å². The molecule has 1 aromatic heterocycles. The van der Waals surface area contributed by atoms with Crippen molar-refractivity contribution < 1.29 is 9.59 Å². The smallest absolute Gasteiger partial charge is 0.272 e. The number of carbonyl (C=O) groups excluding carboxylic acids is 2. The van der Waals surface area contributed by atoms with Crippen LogP contribution in [0.1, 0.15) is 47.3 Å². The molecule has 170 valence electrons. The fourth-order valence-corrected chi connectivity index (χ4v) is 5.06. The SMILES string of the molecule is O=C(c1cccc(Cc2n[nH]c(=O)c3ccccc23)c1)N1CCN(C(=O)C2CCCC2)CC1. The van der Waals surface area contributed by atoms with E-state index in [0.717, 1.165) is 42.3 Å². The Labute approximate surface area is 192 Å². The highest BCUT2D eigenvalue weighted by Crippen LogP contribution is 2.27. The van der Waals surface area contributed by atoms with Crippen molar-refractivity contribution in [3.63, 3.8) is 0 Å². The van der Waals surface area contributed by atoms with Gasteiger partial charge in [0.05, 0.1) is 11.1 Å². The van der Waals surface area contributed by atoms with E-state index >= 15 is 0 Å². The molecule has 1 saturated heterocycles. The Balaban J connectivity index is 1.27. The predicted octanol–water partition coefficient (Wildman–Crippen LogP) is 2.99. The van der Waals surface area contributed by atoms with E-state index in [4.69, 9.17) is 0 Å². The van der Waals surface area contributed by atoms with Gasteiger partial charge in [0.25, 0.3) is 11.5 Å². The first-order valence-electron chi connectivity index (χ1n) is 11.7. The van der Waals surface area contributed by atoms with Crippen LogP contribution in [0.2, 0.25) is 0 Å². The van der Waals surface area contributed by atoms with Crippen molar-refractivity contribution in [2.45, 2.75) is 32.1 Å². The third-order valence-corrected chi connectivity index (χ3v) is 6.90. The second-order valence-corrected chi connectivity index (χ2v) is 9.02. The number of amides is 2. The summed E-state index contributed by atoms with van der Waals surface area (Å²) in [6.45, 7) is 2.34. The van der Waals surface area contributed by atoms with Crippen LogP contribution in [0.3, 0.4) is 0 Å². The highest BCUT2D eigenvalue weighted by Gasteiger charge is 2.30. The van der Waals surface area contributed by atoms with Gasteiger partial charge >= 0.3 is 0 Å². The van der Waals surface area contributed by atoms with Crippen LogP contribution in [0.15, 0.2) is 53.3 Å². The number of hydrogen-bond acceptors (Lipinski definition) is 4. The van der Waals surface area contributed by atoms with E-state index in [1.54, 1.807) is 6.07 Å². The molecular formula is C26H28N4O3. The van der Waals surface area contributed by atoms with E-state index in [0.29, 0.717) is 43.5 Å². The first-order valence-corrected chi connectivity index (χ1v) is 11.7. The number of hydrogen-bond donors (Lipinski definition) is 1. The van der Waals surface area contributed by atoms with Crippen LogP contribution in [-0.4, -0.2) is 58.0 Å². The Morgan fingerprint density at radius 1 is 0.909 bits per heavy atom. The largest absolute Gasteiger partial charge is 0.339 e. The van der Waals surface area contributed by atoms with Crippen LogP contribution >= 0.6 is 0 Å². The number of fused-ring (bicyclic) bond motifs is 1. The second kappa shape index (κ2) is 9.17. The Kier molecular flexibility index (Phi) is 5.94. The van der Waals surface area contributed by atoms with Crippen molar-refractivity contribution in [1.82, 2.24) is 20.0 Å². The van der Waals surface area contributed by atoms with Crippen LogP contribution in [0.4, 0.5) is 0 Å². The average Bonchev–Trinajstić information content (AvgIpc) is 3.40. The van der Waals surface area contributed by atoms with Gasteiger partial charge in [-0.15, -0.1) is 0 Å². The number of nitrogens with zero attached hydrogens (tertiary/aromatic N) is 3. The van der Waals surface area contributed by atoms with Crippen molar-refractivity contribution in [1.29, 1.82) is 0 Å². The van der Waals surface area contributed by atoms with Gasteiger partial charge in [-0.05, 0) is 36.6 Å². The maximum absolute atomic E-state index is 13.2. The second-order valence-electron chi connectivity index (χ2n) is 9.02. The number of H-pyrrole nitrogens is 1. The fraction of sp³-hybridized carbons (Fsp3) is 0.385. The van der Waals surface area contributed by atoms with Crippen molar-refractivity contribution in [3.8, 4) is 0 Å². The zero-order valence-electron chi connectivity index (χ0n) is 18.6. The molecule has 2 heterocycles. The van der Waals surface area contributed by atoms with E-state index in [2.05, 4.69) is 10.2 Å². The molecule has 2 aliphatic rings. The molecule has 33 heavy (non-hydrogen) atoms. The minimum atomic E-state index is -0.205. The van der Waals surface area contributed by atoms with Gasteiger partial charge in [-0.1, -0.05) is 43.2 Å². The molecule has 1 N–H and O–H groups in total. The number of piperazine rings is 1. The molecule has 1 saturated carbocycles. The maximum atomic E-state index is 13.2. The number of carbonyl (C=O) groups is 2. The first-order chi connectivity index (χ1) is 16.1. The van der Waals surface area contributed by atoms with Crippen LogP contribution in [0.25, 0.3) is 10.8 Å². The van der Waals surface area contributed by atoms with Gasteiger partial charge in [0, 0.05) is 49.5 Å². The summed E-state index contributed by atoms with van der Waals surface area (Å²) in [5.74, 6) is 0.438. The van der Waals surface area contributed by atoms with Crippen molar-refractivity contribution in [3.05, 3.63) is 75.7 Å². The molecule has 0 bridgehead atoms. The van der Waals surface area contributed by atoms with Gasteiger partial charge < -0.3 is 9.80 Å². The van der Waals surface area contributed by atoms with Crippen molar-refractivity contribution in [2.75, 3.05) is 26.2 Å². The predicted molar refractivity (Wildman–Crippen MR) is 126 cm³/mol. The molecule has 2 amide bonds. The highest BCUT2D eigenvalue weighted by atomic mass is 16.2. The third-order valence-electron chi connectivity index (χ3n) is 6.90. The lowest BCUT2D eigenvalue weighted by Gasteiger charge is -2.36. The van der Waals surface area contributed by atoms with E-state index < -0.39 is 0 Å². The van der Waals surface area contributed by atoms with Gasteiger partial charge in [0.1, 0.15) is 0 Å². The lowest BCUT2D eigenvalue weighted by atomic mass is 10.0. The number of rotatable bonds is 4. The summed E-state index contributed by atoms with van der Waals surface area (Å²) < 4.78 is 0. The van der Waals surface area contributed by atoms with E-state index in [-0.39, 0.29) is 23.3 Å². The lowest BCUT2D eigenvalue weighted by Crippen LogP contribution is -2.51. The monoisotopic (exact) mass is 444 g/mol. The Morgan fingerprint density at radius 2 is 1.61 bits per heavy atom. The molecule has 0 radical (unpaired) electrons. The highest BCUT2D eigenvalue weighted by molar-refractivity contribution is 5.94. The van der Waals surface area contributed by atoms with Gasteiger partial charge in [-0.25, -0.2) is 5.10 Å². The summed E-state index contributed by atoms with van der Waals surface area (Å²) >= 11 is 0. The molecule has 3 aromatic rings. The molecule has 7 nitrogen and oxygen atoms in total. The minimum absolute atomic E-state index is 0.0101. The topological polar surface area (TPSA) is 86.4 Å². The van der Waals surface area contributed by atoms with Gasteiger partial charge in [0.15, 0.2) is 0 Å². The van der Waals surface area contributed by atoms with Gasteiger partial charge in [-0.2, -0.15) is 5.10 Å². The standard InChI is InChI=1S/C26H28N4O3/c31-24-22-11-4-3-10-21(22)23(27-28-24)17-18-6-5-9-20(16-18)26(33)30-14-12-29(13-15-30)25(32)19-7-1-2-8-19/h3-6,9-11,16,19H,1-2,7-8,12-15,17H2,(H,28,31). The van der Waals surface area contributed by atoms with Crippen LogP contribution in [0.5, 0.6) is 0 Å². The number of nitrogens with one attached hydrogen (secondary N) is 1. The Morgan fingerprint density at radius 3 is 2.36 bits per heavy atom. The molecule has 1 aliphatic carbocycles. The summed E-state index contributed by atoms with van der Waals surface area (Å²) in [4.78, 5) is 41.6. The summed E-state index contributed by atoms with van der Waals surface area (Å²) in [5.41, 5.74) is 2.16. The van der Waals surface area contributed by atoms with Crippen LogP contribution in [0, 0.1) is 5.92 Å². The normalized spacial score (nSPS) is 17.0. The molecule has 7 heteroatoms. The summed E-state index contributed by atoms with van der Waals surface area (Å²) in [7, 11) is 0. The Hall–Kier alpha value is -3.48. The van der Waals surface area contributed by atoms with Crippen molar-refractivity contribution in [2.24, 2.45) is 5.92 Å². The van der Waals surface area contributed by atoms with E-state index in [1.165, 1.54) is 0 Å². The molecule has 2 aromatic carbocycles. The van der Waals surface area contributed by atoms with Crippen molar-refractivity contribution >= 4 is 22.6 Å². The average molecular weight is 445 g/mol.